The summed E-state index contributed by atoms with van der Waals surface area (Å²) in [6, 6.07) is 8.12. The van der Waals surface area contributed by atoms with E-state index in [0.717, 1.165) is 17.5 Å². The van der Waals surface area contributed by atoms with Crippen LogP contribution in [0.4, 0.5) is 0 Å². The van der Waals surface area contributed by atoms with Gasteiger partial charge in [0.25, 0.3) is 0 Å². The summed E-state index contributed by atoms with van der Waals surface area (Å²) in [5, 5.41) is 4.30. The van der Waals surface area contributed by atoms with Crippen LogP contribution in [0.1, 0.15) is 38.3 Å². The fraction of sp³-hybridized carbons (Fsp3) is 0.571. The number of halogens is 1. The monoisotopic (exact) mass is 254 g/mol. The van der Waals surface area contributed by atoms with Crippen molar-refractivity contribution in [3.8, 4) is 0 Å². The van der Waals surface area contributed by atoms with Gasteiger partial charge >= 0.3 is 0 Å². The molecule has 0 aliphatic rings. The maximum atomic E-state index is 5.99. The van der Waals surface area contributed by atoms with Gasteiger partial charge < -0.3 is 11.1 Å². The van der Waals surface area contributed by atoms with E-state index in [-0.39, 0.29) is 6.04 Å². The standard InChI is InChI=1S/C14H23ClN2/c1-3-11(4-2)10-17-14(9-16)12-6-5-7-13(15)8-12/h5-8,11,14,17H,3-4,9-10,16H2,1-2H3. The van der Waals surface area contributed by atoms with Crippen molar-refractivity contribution in [2.75, 3.05) is 13.1 Å². The van der Waals surface area contributed by atoms with Gasteiger partial charge in [-0.05, 0) is 30.2 Å². The highest BCUT2D eigenvalue weighted by Gasteiger charge is 2.11. The molecule has 0 aliphatic carbocycles. The summed E-state index contributed by atoms with van der Waals surface area (Å²) < 4.78 is 0. The molecule has 0 aromatic heterocycles. The molecule has 0 bridgehead atoms. The van der Waals surface area contributed by atoms with Crippen LogP contribution < -0.4 is 11.1 Å². The summed E-state index contributed by atoms with van der Waals surface area (Å²) in [6.07, 6.45) is 2.41. The molecule has 1 aromatic carbocycles. The zero-order chi connectivity index (χ0) is 12.7. The molecule has 0 amide bonds. The van der Waals surface area contributed by atoms with Crippen molar-refractivity contribution < 1.29 is 0 Å². The highest BCUT2D eigenvalue weighted by atomic mass is 35.5. The Balaban J connectivity index is 2.59. The second-order valence-electron chi connectivity index (χ2n) is 4.43. The predicted octanol–water partition coefficient (Wildman–Crippen LogP) is 3.37. The van der Waals surface area contributed by atoms with Crippen LogP contribution in [0.5, 0.6) is 0 Å². The Bertz CT molecular complexity index is 324. The second-order valence-corrected chi connectivity index (χ2v) is 4.87. The largest absolute Gasteiger partial charge is 0.329 e. The van der Waals surface area contributed by atoms with Crippen molar-refractivity contribution in [3.05, 3.63) is 34.9 Å². The minimum atomic E-state index is 0.203. The van der Waals surface area contributed by atoms with Gasteiger partial charge in [0.15, 0.2) is 0 Å². The van der Waals surface area contributed by atoms with Crippen LogP contribution in [0.25, 0.3) is 0 Å². The molecule has 96 valence electrons. The van der Waals surface area contributed by atoms with Gasteiger partial charge in [-0.2, -0.15) is 0 Å². The topological polar surface area (TPSA) is 38.0 Å². The number of nitrogens with two attached hydrogens (primary N) is 1. The van der Waals surface area contributed by atoms with Crippen LogP contribution in [0.2, 0.25) is 5.02 Å². The van der Waals surface area contributed by atoms with Gasteiger partial charge in [-0.25, -0.2) is 0 Å². The van der Waals surface area contributed by atoms with Crippen molar-refractivity contribution in [3.63, 3.8) is 0 Å². The molecule has 2 nitrogen and oxygen atoms in total. The molecule has 1 rings (SSSR count). The van der Waals surface area contributed by atoms with Gasteiger partial charge in [0.2, 0.25) is 0 Å². The first kappa shape index (κ1) is 14.5. The lowest BCUT2D eigenvalue weighted by atomic mass is 10.0. The number of hydrogen-bond donors (Lipinski definition) is 2. The molecule has 1 aromatic rings. The Kier molecular flexibility index (Phi) is 6.56. The predicted molar refractivity (Wildman–Crippen MR) is 75.3 cm³/mol. The van der Waals surface area contributed by atoms with E-state index < -0.39 is 0 Å². The highest BCUT2D eigenvalue weighted by molar-refractivity contribution is 6.30. The Labute approximate surface area is 110 Å². The molecule has 3 heteroatoms. The van der Waals surface area contributed by atoms with E-state index >= 15 is 0 Å². The molecule has 0 aliphatic heterocycles. The van der Waals surface area contributed by atoms with Gasteiger partial charge in [-0.3, -0.25) is 0 Å². The van der Waals surface area contributed by atoms with E-state index in [2.05, 4.69) is 25.2 Å². The number of rotatable bonds is 7. The van der Waals surface area contributed by atoms with Crippen LogP contribution in [-0.4, -0.2) is 13.1 Å². The molecule has 17 heavy (non-hydrogen) atoms. The number of hydrogen-bond acceptors (Lipinski definition) is 2. The van der Waals surface area contributed by atoms with E-state index in [1.54, 1.807) is 0 Å². The SMILES string of the molecule is CCC(CC)CNC(CN)c1cccc(Cl)c1. The van der Waals surface area contributed by atoms with Gasteiger partial charge in [0.05, 0.1) is 0 Å². The van der Waals surface area contributed by atoms with Crippen LogP contribution in [0, 0.1) is 5.92 Å². The first-order valence-corrected chi connectivity index (χ1v) is 6.77. The normalized spacial score (nSPS) is 13.0. The quantitative estimate of drug-likeness (QED) is 0.783. The van der Waals surface area contributed by atoms with Crippen molar-refractivity contribution in [1.82, 2.24) is 5.32 Å². The van der Waals surface area contributed by atoms with Gasteiger partial charge in [0.1, 0.15) is 0 Å². The van der Waals surface area contributed by atoms with E-state index in [0.29, 0.717) is 6.54 Å². The van der Waals surface area contributed by atoms with Crippen molar-refractivity contribution >= 4 is 11.6 Å². The molecule has 0 radical (unpaired) electrons. The minimum absolute atomic E-state index is 0.203. The summed E-state index contributed by atoms with van der Waals surface area (Å²) in [5.74, 6) is 0.725. The summed E-state index contributed by atoms with van der Waals surface area (Å²) in [4.78, 5) is 0. The fourth-order valence-electron chi connectivity index (χ4n) is 1.95. The summed E-state index contributed by atoms with van der Waals surface area (Å²) >= 11 is 5.99. The van der Waals surface area contributed by atoms with Crippen LogP contribution in [0.3, 0.4) is 0 Å². The molecule has 0 heterocycles. The maximum Gasteiger partial charge on any atom is 0.0445 e. The third-order valence-electron chi connectivity index (χ3n) is 3.29. The third-order valence-corrected chi connectivity index (χ3v) is 3.53. The average molecular weight is 255 g/mol. The lowest BCUT2D eigenvalue weighted by molar-refractivity contribution is 0.414. The van der Waals surface area contributed by atoms with Crippen molar-refractivity contribution in [1.29, 1.82) is 0 Å². The van der Waals surface area contributed by atoms with Crippen molar-refractivity contribution in [2.24, 2.45) is 11.7 Å². The lowest BCUT2D eigenvalue weighted by Crippen LogP contribution is -2.32. The summed E-state index contributed by atoms with van der Waals surface area (Å²) in [6.45, 7) is 6.07. The number of nitrogens with one attached hydrogen (secondary N) is 1. The molecular formula is C14H23ClN2. The molecule has 0 fully saturated rings. The minimum Gasteiger partial charge on any atom is -0.329 e. The summed E-state index contributed by atoms with van der Waals surface area (Å²) in [5.41, 5.74) is 6.99. The third kappa shape index (κ3) is 4.66. The van der Waals surface area contributed by atoms with Gasteiger partial charge in [0, 0.05) is 17.6 Å². The zero-order valence-corrected chi connectivity index (χ0v) is 11.5. The highest BCUT2D eigenvalue weighted by Crippen LogP contribution is 2.18. The second kappa shape index (κ2) is 7.70. The van der Waals surface area contributed by atoms with E-state index in [1.807, 2.05) is 18.2 Å². The molecule has 0 spiro atoms. The average Bonchev–Trinajstić information content (AvgIpc) is 2.35. The first-order valence-electron chi connectivity index (χ1n) is 6.40. The molecule has 1 unspecified atom stereocenters. The van der Waals surface area contributed by atoms with Crippen LogP contribution >= 0.6 is 11.6 Å². The van der Waals surface area contributed by atoms with Gasteiger partial charge in [-0.15, -0.1) is 0 Å². The zero-order valence-electron chi connectivity index (χ0n) is 10.7. The molecule has 3 N–H and O–H groups in total. The molecule has 0 saturated heterocycles. The Morgan fingerprint density at radius 3 is 2.53 bits per heavy atom. The maximum absolute atomic E-state index is 5.99. The van der Waals surface area contributed by atoms with Crippen molar-refractivity contribution in [2.45, 2.75) is 32.7 Å². The Morgan fingerprint density at radius 2 is 2.00 bits per heavy atom. The Morgan fingerprint density at radius 1 is 1.29 bits per heavy atom. The molecule has 0 saturated carbocycles. The van der Waals surface area contributed by atoms with Gasteiger partial charge in [-0.1, -0.05) is 50.4 Å². The van der Waals surface area contributed by atoms with Crippen LogP contribution in [-0.2, 0) is 0 Å². The Hall–Kier alpha value is -0.570. The van der Waals surface area contributed by atoms with Crippen LogP contribution in [0.15, 0.2) is 24.3 Å². The summed E-state index contributed by atoms with van der Waals surface area (Å²) in [7, 11) is 0. The van der Waals surface area contributed by atoms with E-state index in [4.69, 9.17) is 17.3 Å². The molecular weight excluding hydrogens is 232 g/mol. The van der Waals surface area contributed by atoms with E-state index in [1.165, 1.54) is 18.4 Å². The molecule has 1 atom stereocenters. The first-order chi connectivity index (χ1) is 8.21. The van der Waals surface area contributed by atoms with E-state index in [9.17, 15) is 0 Å². The number of benzene rings is 1. The lowest BCUT2D eigenvalue weighted by Gasteiger charge is -2.21. The smallest absolute Gasteiger partial charge is 0.0445 e. The fourth-order valence-corrected chi connectivity index (χ4v) is 2.15.